The Morgan fingerprint density at radius 2 is 1.40 bits per heavy atom. The van der Waals surface area contributed by atoms with Gasteiger partial charge in [0.15, 0.2) is 5.58 Å². The summed E-state index contributed by atoms with van der Waals surface area (Å²) in [7, 11) is 0. The lowest BCUT2D eigenvalue weighted by Crippen LogP contribution is -2.12. The van der Waals surface area contributed by atoms with Crippen LogP contribution in [0.5, 0.6) is 0 Å². The second-order valence-corrected chi connectivity index (χ2v) is 10.6. The van der Waals surface area contributed by atoms with Crippen LogP contribution in [0.4, 0.5) is 0 Å². The minimum atomic E-state index is 0.0419. The van der Waals surface area contributed by atoms with Crippen molar-refractivity contribution in [1.82, 2.24) is 4.98 Å². The van der Waals surface area contributed by atoms with Gasteiger partial charge in [-0.15, -0.1) is 0 Å². The number of rotatable bonds is 1. The highest BCUT2D eigenvalue weighted by atomic mass is 16.3. The van der Waals surface area contributed by atoms with Crippen LogP contribution in [0, 0.1) is 0 Å². The second-order valence-electron chi connectivity index (χ2n) is 10.6. The third-order valence-corrected chi connectivity index (χ3v) is 6.27. The first-order valence-electron chi connectivity index (χ1n) is 10.8. The lowest BCUT2D eigenvalue weighted by Gasteiger charge is -2.22. The molecule has 1 aromatic heterocycles. The summed E-state index contributed by atoms with van der Waals surface area (Å²) < 4.78 is 6.21. The first-order chi connectivity index (χ1) is 14.1. The van der Waals surface area contributed by atoms with Crippen molar-refractivity contribution in [2.75, 3.05) is 0 Å². The number of hydrogen-bond donors (Lipinski definition) is 0. The van der Waals surface area contributed by atoms with E-state index in [2.05, 4.69) is 71.9 Å². The van der Waals surface area contributed by atoms with Gasteiger partial charge in [0.1, 0.15) is 5.52 Å². The Morgan fingerprint density at radius 1 is 0.733 bits per heavy atom. The standard InChI is InChI=1S/C28H29NO/c1-27(2,3)18-12-11-17-13-21-22(20(17)14-18)15-19(28(4,5)6)16-23(21)26-29-24-9-7-8-10-25(24)30-26/h7-12,14-16H,13H2,1-6H3. The first-order valence-corrected chi connectivity index (χ1v) is 10.8. The summed E-state index contributed by atoms with van der Waals surface area (Å²) >= 11 is 0. The second kappa shape index (κ2) is 6.31. The molecule has 0 bridgehead atoms. The van der Waals surface area contributed by atoms with Crippen molar-refractivity contribution in [1.29, 1.82) is 0 Å². The van der Waals surface area contributed by atoms with E-state index >= 15 is 0 Å². The monoisotopic (exact) mass is 395 g/mol. The highest BCUT2D eigenvalue weighted by molar-refractivity contribution is 5.86. The molecule has 2 heteroatoms. The average molecular weight is 396 g/mol. The molecule has 0 fully saturated rings. The topological polar surface area (TPSA) is 26.0 Å². The molecule has 0 aliphatic heterocycles. The zero-order valence-corrected chi connectivity index (χ0v) is 18.8. The first kappa shape index (κ1) is 19.1. The molecule has 4 aromatic rings. The highest BCUT2D eigenvalue weighted by Crippen LogP contribution is 2.45. The van der Waals surface area contributed by atoms with Crippen molar-refractivity contribution in [3.8, 4) is 22.6 Å². The van der Waals surface area contributed by atoms with Crippen LogP contribution in [0.2, 0.25) is 0 Å². The van der Waals surface area contributed by atoms with Gasteiger partial charge in [0, 0.05) is 5.56 Å². The lowest BCUT2D eigenvalue weighted by molar-refractivity contribution is 0.588. The minimum Gasteiger partial charge on any atom is -0.436 e. The molecule has 1 aliphatic rings. The molecule has 0 amide bonds. The minimum absolute atomic E-state index is 0.0419. The smallest absolute Gasteiger partial charge is 0.227 e. The Labute approximate surface area is 179 Å². The highest BCUT2D eigenvalue weighted by Gasteiger charge is 2.28. The molecule has 2 nitrogen and oxygen atoms in total. The summed E-state index contributed by atoms with van der Waals surface area (Å²) in [6.45, 7) is 13.6. The van der Waals surface area contributed by atoms with Crippen LogP contribution in [0.15, 0.2) is 59.0 Å². The molecule has 0 unspecified atom stereocenters. The Bertz CT molecular complexity index is 1250. The van der Waals surface area contributed by atoms with Crippen molar-refractivity contribution in [2.45, 2.75) is 58.8 Å². The Hall–Kier alpha value is -2.87. The molecule has 0 spiro atoms. The van der Waals surface area contributed by atoms with E-state index in [1.165, 1.54) is 33.4 Å². The van der Waals surface area contributed by atoms with E-state index in [0.717, 1.165) is 29.0 Å². The maximum Gasteiger partial charge on any atom is 0.227 e. The Balaban J connectivity index is 1.77. The van der Waals surface area contributed by atoms with Gasteiger partial charge in [0.2, 0.25) is 5.89 Å². The van der Waals surface area contributed by atoms with E-state index in [1.807, 2.05) is 24.3 Å². The van der Waals surface area contributed by atoms with Crippen LogP contribution in [0.25, 0.3) is 33.7 Å². The quantitative estimate of drug-likeness (QED) is 0.291. The zero-order valence-electron chi connectivity index (χ0n) is 18.8. The summed E-state index contributed by atoms with van der Waals surface area (Å²) in [5.74, 6) is 0.724. The van der Waals surface area contributed by atoms with E-state index in [-0.39, 0.29) is 10.8 Å². The zero-order chi connectivity index (χ0) is 21.3. The number of nitrogens with zero attached hydrogens (tertiary/aromatic N) is 1. The van der Waals surface area contributed by atoms with E-state index in [9.17, 15) is 0 Å². The van der Waals surface area contributed by atoms with Crippen molar-refractivity contribution in [3.05, 3.63) is 76.9 Å². The van der Waals surface area contributed by atoms with Gasteiger partial charge >= 0.3 is 0 Å². The Morgan fingerprint density at radius 3 is 2.10 bits per heavy atom. The largest absolute Gasteiger partial charge is 0.436 e. The Kier molecular flexibility index (Phi) is 4.02. The number of fused-ring (bicyclic) bond motifs is 4. The molecule has 0 N–H and O–H groups in total. The van der Waals surface area contributed by atoms with Gasteiger partial charge < -0.3 is 4.42 Å². The fourth-order valence-corrected chi connectivity index (χ4v) is 4.35. The van der Waals surface area contributed by atoms with Gasteiger partial charge in [0.25, 0.3) is 0 Å². The van der Waals surface area contributed by atoms with Crippen molar-refractivity contribution in [3.63, 3.8) is 0 Å². The van der Waals surface area contributed by atoms with Crippen LogP contribution in [-0.2, 0) is 17.3 Å². The van der Waals surface area contributed by atoms with Gasteiger partial charge in [-0.05, 0) is 68.8 Å². The number of oxazole rings is 1. The molecule has 30 heavy (non-hydrogen) atoms. The van der Waals surface area contributed by atoms with Crippen molar-refractivity contribution < 1.29 is 4.42 Å². The van der Waals surface area contributed by atoms with Crippen molar-refractivity contribution >= 4 is 11.1 Å². The van der Waals surface area contributed by atoms with E-state index in [0.29, 0.717) is 0 Å². The van der Waals surface area contributed by atoms with E-state index in [1.54, 1.807) is 0 Å². The summed E-state index contributed by atoms with van der Waals surface area (Å²) in [6, 6.07) is 19.7. The maximum atomic E-state index is 6.21. The van der Waals surface area contributed by atoms with Crippen LogP contribution >= 0.6 is 0 Å². The number of benzene rings is 3. The fraction of sp³-hybridized carbons (Fsp3) is 0.321. The number of aromatic nitrogens is 1. The van der Waals surface area contributed by atoms with Gasteiger partial charge in [0.05, 0.1) is 0 Å². The number of hydrogen-bond acceptors (Lipinski definition) is 2. The SMILES string of the molecule is CC(C)(C)c1ccc2c(c1)-c1cc(C(C)(C)C)cc(-c3nc4ccccc4o3)c1C2. The maximum absolute atomic E-state index is 6.21. The molecule has 5 rings (SSSR count). The molecular formula is C28H29NO. The number of para-hydroxylation sites is 2. The van der Waals surface area contributed by atoms with Gasteiger partial charge in [-0.2, -0.15) is 0 Å². The van der Waals surface area contributed by atoms with Crippen LogP contribution < -0.4 is 0 Å². The van der Waals surface area contributed by atoms with E-state index in [4.69, 9.17) is 9.40 Å². The summed E-state index contributed by atoms with van der Waals surface area (Å²) in [6.07, 6.45) is 0.924. The molecule has 152 valence electrons. The molecule has 1 aliphatic carbocycles. The normalized spacial score (nSPS) is 13.5. The van der Waals surface area contributed by atoms with Gasteiger partial charge in [-0.3, -0.25) is 0 Å². The summed E-state index contributed by atoms with van der Waals surface area (Å²) in [5.41, 5.74) is 11.1. The molecule has 3 aromatic carbocycles. The predicted octanol–water partition coefficient (Wildman–Crippen LogP) is 7.66. The average Bonchev–Trinajstić information content (AvgIpc) is 3.26. The predicted molar refractivity (Wildman–Crippen MR) is 125 cm³/mol. The molecular weight excluding hydrogens is 366 g/mol. The fourth-order valence-electron chi connectivity index (χ4n) is 4.35. The van der Waals surface area contributed by atoms with Gasteiger partial charge in [-0.25, -0.2) is 4.98 Å². The molecule has 0 saturated heterocycles. The molecule has 1 heterocycles. The summed E-state index contributed by atoms with van der Waals surface area (Å²) in [5, 5.41) is 0. The molecule has 0 atom stereocenters. The van der Waals surface area contributed by atoms with Crippen LogP contribution in [0.1, 0.15) is 63.8 Å². The third-order valence-electron chi connectivity index (χ3n) is 6.27. The van der Waals surface area contributed by atoms with Crippen LogP contribution in [-0.4, -0.2) is 4.98 Å². The lowest BCUT2D eigenvalue weighted by atomic mass is 9.82. The van der Waals surface area contributed by atoms with E-state index < -0.39 is 0 Å². The molecule has 0 radical (unpaired) electrons. The van der Waals surface area contributed by atoms with Crippen LogP contribution in [0.3, 0.4) is 0 Å². The van der Waals surface area contributed by atoms with Crippen molar-refractivity contribution in [2.24, 2.45) is 0 Å². The van der Waals surface area contributed by atoms with Gasteiger partial charge in [-0.1, -0.05) is 77.9 Å². The third kappa shape index (κ3) is 3.06. The summed E-state index contributed by atoms with van der Waals surface area (Å²) in [4.78, 5) is 4.84. The molecule has 0 saturated carbocycles.